The Balaban J connectivity index is 2.80. The molecule has 0 aromatic heterocycles. The van der Waals surface area contributed by atoms with Crippen LogP contribution >= 0.6 is 23.2 Å². The molecule has 1 aliphatic rings. The van der Waals surface area contributed by atoms with Gasteiger partial charge in [-0.1, -0.05) is 11.6 Å². The zero-order valence-corrected chi connectivity index (χ0v) is 7.03. The summed E-state index contributed by atoms with van der Waals surface area (Å²) in [5.41, 5.74) is -1.41. The molecule has 0 aromatic carbocycles. The zero-order valence-electron chi connectivity index (χ0n) is 5.52. The average Bonchev–Trinajstić information content (AvgIpc) is 1.83. The van der Waals surface area contributed by atoms with Gasteiger partial charge in [0.1, 0.15) is 11.4 Å². The number of nitrogens with zero attached hydrogens (tertiary/aromatic N) is 2. The lowest BCUT2D eigenvalue weighted by atomic mass is 10.1. The minimum atomic E-state index is -4.42. The SMILES string of the molecule is FC(F)(F)C1C=NC(Cl)=NC1Cl. The van der Waals surface area contributed by atoms with Crippen LogP contribution < -0.4 is 0 Å². The van der Waals surface area contributed by atoms with Crippen molar-refractivity contribution in [3.8, 4) is 0 Å². The molecule has 2 nitrogen and oxygen atoms in total. The summed E-state index contributed by atoms with van der Waals surface area (Å²) in [5.74, 6) is -1.85. The normalized spacial score (nSPS) is 30.2. The summed E-state index contributed by atoms with van der Waals surface area (Å²) >= 11 is 10.5. The number of hydrogen-bond donors (Lipinski definition) is 0. The molecule has 2 unspecified atom stereocenters. The first kappa shape index (κ1) is 9.80. The second kappa shape index (κ2) is 3.22. The van der Waals surface area contributed by atoms with Crippen LogP contribution in [0.2, 0.25) is 0 Å². The Hall–Kier alpha value is -0.290. The highest BCUT2D eigenvalue weighted by atomic mass is 35.5. The Morgan fingerprint density at radius 2 is 2.00 bits per heavy atom. The maximum absolute atomic E-state index is 12.0. The smallest absolute Gasteiger partial charge is 0.235 e. The lowest BCUT2D eigenvalue weighted by Crippen LogP contribution is -2.33. The van der Waals surface area contributed by atoms with Crippen molar-refractivity contribution in [3.63, 3.8) is 0 Å². The van der Waals surface area contributed by atoms with Crippen LogP contribution in [0, 0.1) is 5.92 Å². The lowest BCUT2D eigenvalue weighted by Gasteiger charge is -2.20. The summed E-state index contributed by atoms with van der Waals surface area (Å²) in [7, 11) is 0. The van der Waals surface area contributed by atoms with Crippen molar-refractivity contribution in [3.05, 3.63) is 0 Å². The number of amidine groups is 1. The van der Waals surface area contributed by atoms with Crippen molar-refractivity contribution in [2.75, 3.05) is 0 Å². The molecule has 0 spiro atoms. The van der Waals surface area contributed by atoms with Crippen molar-refractivity contribution < 1.29 is 13.2 Å². The third kappa shape index (κ3) is 2.10. The minimum absolute atomic E-state index is 0.254. The van der Waals surface area contributed by atoms with E-state index in [0.29, 0.717) is 6.21 Å². The number of alkyl halides is 4. The van der Waals surface area contributed by atoms with Gasteiger partial charge in [0.05, 0.1) is 0 Å². The highest BCUT2D eigenvalue weighted by Gasteiger charge is 2.44. The summed E-state index contributed by atoms with van der Waals surface area (Å²) in [4.78, 5) is 6.47. The molecule has 7 heteroatoms. The quantitative estimate of drug-likeness (QED) is 0.441. The third-order valence-corrected chi connectivity index (χ3v) is 1.81. The molecule has 0 radical (unpaired) electrons. The second-order valence-electron chi connectivity index (χ2n) is 2.12. The van der Waals surface area contributed by atoms with Crippen molar-refractivity contribution >= 4 is 34.7 Å². The first-order valence-electron chi connectivity index (χ1n) is 2.89. The minimum Gasteiger partial charge on any atom is -0.235 e. The topological polar surface area (TPSA) is 24.7 Å². The second-order valence-corrected chi connectivity index (χ2v) is 2.90. The summed E-state index contributed by atoms with van der Waals surface area (Å²) in [5, 5.41) is -0.254. The van der Waals surface area contributed by atoms with Crippen LogP contribution in [0.25, 0.3) is 0 Å². The molecular weight excluding hydrogens is 216 g/mol. The lowest BCUT2D eigenvalue weighted by molar-refractivity contribution is -0.154. The molecule has 0 saturated heterocycles. The van der Waals surface area contributed by atoms with Crippen molar-refractivity contribution in [2.45, 2.75) is 11.7 Å². The van der Waals surface area contributed by atoms with Gasteiger partial charge in [-0.15, -0.1) is 0 Å². The molecule has 12 heavy (non-hydrogen) atoms. The zero-order chi connectivity index (χ0) is 9.35. The van der Waals surface area contributed by atoms with Crippen LogP contribution in [-0.4, -0.2) is 23.2 Å². The Bertz CT molecular complexity index is 235. The van der Waals surface area contributed by atoms with E-state index in [0.717, 1.165) is 0 Å². The fraction of sp³-hybridized carbons (Fsp3) is 0.600. The molecule has 68 valence electrons. The van der Waals surface area contributed by atoms with E-state index in [9.17, 15) is 13.2 Å². The number of hydrogen-bond acceptors (Lipinski definition) is 2. The molecule has 2 atom stereocenters. The maximum atomic E-state index is 12.0. The van der Waals surface area contributed by atoms with E-state index in [2.05, 4.69) is 9.98 Å². The molecule has 0 aliphatic carbocycles. The van der Waals surface area contributed by atoms with Gasteiger partial charge in [-0.3, -0.25) is 0 Å². The van der Waals surface area contributed by atoms with Crippen LogP contribution in [0.4, 0.5) is 13.2 Å². The molecule has 1 heterocycles. The standard InChI is InChI=1S/C5H3Cl2F3N2/c6-3-2(5(8,9)10)1-11-4(7)12-3/h1-3H. The molecule has 0 bridgehead atoms. The van der Waals surface area contributed by atoms with Crippen LogP contribution in [0.3, 0.4) is 0 Å². The van der Waals surface area contributed by atoms with E-state index < -0.39 is 17.6 Å². The number of halogens is 5. The van der Waals surface area contributed by atoms with Gasteiger partial charge in [-0.05, 0) is 11.6 Å². The van der Waals surface area contributed by atoms with E-state index >= 15 is 0 Å². The van der Waals surface area contributed by atoms with Crippen LogP contribution in [0.1, 0.15) is 0 Å². The van der Waals surface area contributed by atoms with Crippen molar-refractivity contribution in [1.29, 1.82) is 0 Å². The fourth-order valence-corrected chi connectivity index (χ4v) is 1.18. The molecule has 1 rings (SSSR count). The highest BCUT2D eigenvalue weighted by Crippen LogP contribution is 2.32. The van der Waals surface area contributed by atoms with E-state index in [1.807, 2.05) is 0 Å². The summed E-state index contributed by atoms with van der Waals surface area (Å²) in [6.07, 6.45) is -3.76. The van der Waals surface area contributed by atoms with E-state index in [1.165, 1.54) is 0 Å². The highest BCUT2D eigenvalue weighted by molar-refractivity contribution is 6.65. The van der Waals surface area contributed by atoms with Gasteiger partial charge in [-0.2, -0.15) is 13.2 Å². The molecule has 1 aliphatic heterocycles. The van der Waals surface area contributed by atoms with Crippen LogP contribution in [0.15, 0.2) is 9.98 Å². The van der Waals surface area contributed by atoms with Crippen LogP contribution in [0.5, 0.6) is 0 Å². The first-order chi connectivity index (χ1) is 5.41. The van der Waals surface area contributed by atoms with Gasteiger partial charge < -0.3 is 0 Å². The Morgan fingerprint density at radius 3 is 2.42 bits per heavy atom. The van der Waals surface area contributed by atoms with E-state index in [-0.39, 0.29) is 5.29 Å². The summed E-state index contributed by atoms with van der Waals surface area (Å²) in [6, 6.07) is 0. The van der Waals surface area contributed by atoms with Crippen molar-refractivity contribution in [2.24, 2.45) is 15.9 Å². The molecule has 0 N–H and O–H groups in total. The first-order valence-corrected chi connectivity index (χ1v) is 3.71. The largest absolute Gasteiger partial charge is 0.399 e. The molecule has 0 aromatic rings. The third-order valence-electron chi connectivity index (χ3n) is 1.25. The predicted molar refractivity (Wildman–Crippen MR) is 41.0 cm³/mol. The van der Waals surface area contributed by atoms with Crippen molar-refractivity contribution in [1.82, 2.24) is 0 Å². The van der Waals surface area contributed by atoms with Gasteiger partial charge >= 0.3 is 6.18 Å². The predicted octanol–water partition coefficient (Wildman–Crippen LogP) is 2.41. The molecular formula is C5H3Cl2F3N2. The van der Waals surface area contributed by atoms with Gasteiger partial charge in [0, 0.05) is 6.21 Å². The average molecular weight is 219 g/mol. The maximum Gasteiger partial charge on any atom is 0.399 e. The number of rotatable bonds is 0. The van der Waals surface area contributed by atoms with Gasteiger partial charge in [0.25, 0.3) is 0 Å². The van der Waals surface area contributed by atoms with E-state index in [4.69, 9.17) is 23.2 Å². The summed E-state index contributed by atoms with van der Waals surface area (Å²) in [6.45, 7) is 0. The fourth-order valence-electron chi connectivity index (χ4n) is 0.669. The number of aliphatic imine (C=N–C) groups is 2. The summed E-state index contributed by atoms with van der Waals surface area (Å²) < 4.78 is 36.1. The Labute approximate surface area is 76.1 Å². The van der Waals surface area contributed by atoms with Gasteiger partial charge in [0.15, 0.2) is 0 Å². The van der Waals surface area contributed by atoms with Gasteiger partial charge in [0.2, 0.25) is 5.29 Å². The monoisotopic (exact) mass is 218 g/mol. The molecule has 0 saturated carbocycles. The molecule has 0 fully saturated rings. The Morgan fingerprint density at radius 1 is 1.42 bits per heavy atom. The van der Waals surface area contributed by atoms with Crippen LogP contribution in [-0.2, 0) is 0 Å². The van der Waals surface area contributed by atoms with Gasteiger partial charge in [-0.25, -0.2) is 9.98 Å². The Kier molecular flexibility index (Phi) is 2.63. The van der Waals surface area contributed by atoms with E-state index in [1.54, 1.807) is 0 Å². The molecule has 0 amide bonds.